The molecule has 0 aliphatic carbocycles. The van der Waals surface area contributed by atoms with E-state index in [9.17, 15) is 14.9 Å². The van der Waals surface area contributed by atoms with Gasteiger partial charge in [0.05, 0.1) is 4.92 Å². The number of nitrogens with one attached hydrogen (secondary N) is 2. The molecular formula is C21H18BrN3O4. The normalized spacial score (nSPS) is 10.2. The van der Waals surface area contributed by atoms with Crippen LogP contribution in [0.1, 0.15) is 5.56 Å². The highest BCUT2D eigenvalue weighted by Gasteiger charge is 2.10. The van der Waals surface area contributed by atoms with Crippen molar-refractivity contribution in [2.75, 3.05) is 17.2 Å². The number of non-ortho nitro benzene ring substituents is 1. The second-order valence-electron chi connectivity index (χ2n) is 6.12. The van der Waals surface area contributed by atoms with Crippen molar-refractivity contribution >= 4 is 38.9 Å². The summed E-state index contributed by atoms with van der Waals surface area (Å²) < 4.78 is 6.55. The highest BCUT2D eigenvalue weighted by molar-refractivity contribution is 9.10. The van der Waals surface area contributed by atoms with Gasteiger partial charge in [0.15, 0.2) is 6.61 Å². The van der Waals surface area contributed by atoms with Crippen molar-refractivity contribution in [1.82, 2.24) is 0 Å². The van der Waals surface area contributed by atoms with Crippen LogP contribution >= 0.6 is 15.9 Å². The molecule has 0 saturated carbocycles. The number of ether oxygens (including phenoxy) is 1. The topological polar surface area (TPSA) is 93.5 Å². The first-order valence-corrected chi connectivity index (χ1v) is 9.55. The van der Waals surface area contributed by atoms with Crippen LogP contribution in [0.2, 0.25) is 0 Å². The van der Waals surface area contributed by atoms with Crippen LogP contribution in [0.3, 0.4) is 0 Å². The van der Waals surface area contributed by atoms with Crippen LogP contribution in [0.25, 0.3) is 0 Å². The Morgan fingerprint density at radius 1 is 1.00 bits per heavy atom. The fourth-order valence-electron chi connectivity index (χ4n) is 2.62. The maximum absolute atomic E-state index is 12.1. The molecule has 0 bridgehead atoms. The Balaban J connectivity index is 1.64. The van der Waals surface area contributed by atoms with Crippen molar-refractivity contribution in [3.8, 4) is 5.75 Å². The molecule has 8 heteroatoms. The van der Waals surface area contributed by atoms with E-state index in [1.165, 1.54) is 12.1 Å². The highest BCUT2D eigenvalue weighted by Crippen LogP contribution is 2.25. The molecule has 2 N–H and O–H groups in total. The minimum atomic E-state index is -0.440. The smallest absolute Gasteiger partial charge is 0.271 e. The van der Waals surface area contributed by atoms with Gasteiger partial charge in [-0.1, -0.05) is 40.2 Å². The summed E-state index contributed by atoms with van der Waals surface area (Å²) in [4.78, 5) is 22.6. The average molecular weight is 456 g/mol. The van der Waals surface area contributed by atoms with E-state index in [1.54, 1.807) is 30.3 Å². The molecule has 0 aromatic heterocycles. The number of benzene rings is 3. The molecular weight excluding hydrogens is 438 g/mol. The van der Waals surface area contributed by atoms with Crippen LogP contribution in [0.5, 0.6) is 5.75 Å². The second kappa shape index (κ2) is 9.70. The van der Waals surface area contributed by atoms with Crippen molar-refractivity contribution in [2.24, 2.45) is 0 Å². The molecule has 0 saturated heterocycles. The van der Waals surface area contributed by atoms with Gasteiger partial charge in [-0.3, -0.25) is 14.9 Å². The lowest BCUT2D eigenvalue weighted by Crippen LogP contribution is -2.20. The first-order chi connectivity index (χ1) is 14.0. The number of para-hydroxylation sites is 1. The Morgan fingerprint density at radius 2 is 1.76 bits per heavy atom. The monoisotopic (exact) mass is 455 g/mol. The molecule has 0 heterocycles. The summed E-state index contributed by atoms with van der Waals surface area (Å²) in [6.07, 6.45) is 0. The zero-order valence-corrected chi connectivity index (χ0v) is 16.9. The number of rotatable bonds is 8. The maximum Gasteiger partial charge on any atom is 0.271 e. The minimum Gasteiger partial charge on any atom is -0.483 e. The molecule has 0 radical (unpaired) electrons. The summed E-state index contributed by atoms with van der Waals surface area (Å²) in [5.41, 5.74) is 2.13. The van der Waals surface area contributed by atoms with Crippen LogP contribution < -0.4 is 15.4 Å². The molecule has 0 aliphatic rings. The SMILES string of the molecule is O=C(COc1ccc(Br)cc1CNc1cccc([N+](=O)[O-])c1)Nc1ccccc1. The van der Waals surface area contributed by atoms with E-state index in [1.807, 2.05) is 30.3 Å². The molecule has 7 nitrogen and oxygen atoms in total. The third-order valence-electron chi connectivity index (χ3n) is 3.98. The number of hydrogen-bond acceptors (Lipinski definition) is 5. The summed E-state index contributed by atoms with van der Waals surface area (Å²) in [6.45, 7) is 0.233. The van der Waals surface area contributed by atoms with E-state index in [0.29, 0.717) is 23.7 Å². The van der Waals surface area contributed by atoms with Gasteiger partial charge in [-0.25, -0.2) is 0 Å². The molecule has 3 aromatic rings. The molecule has 0 unspecified atom stereocenters. The van der Waals surface area contributed by atoms with Gasteiger partial charge in [0.2, 0.25) is 0 Å². The molecule has 148 valence electrons. The van der Waals surface area contributed by atoms with Gasteiger partial charge in [0, 0.05) is 40.1 Å². The maximum atomic E-state index is 12.1. The molecule has 3 rings (SSSR count). The largest absolute Gasteiger partial charge is 0.483 e. The van der Waals surface area contributed by atoms with E-state index >= 15 is 0 Å². The Kier molecular flexibility index (Phi) is 6.80. The molecule has 29 heavy (non-hydrogen) atoms. The summed E-state index contributed by atoms with van der Waals surface area (Å²) in [7, 11) is 0. The van der Waals surface area contributed by atoms with E-state index in [2.05, 4.69) is 26.6 Å². The fraction of sp³-hybridized carbons (Fsp3) is 0.0952. The lowest BCUT2D eigenvalue weighted by molar-refractivity contribution is -0.384. The third kappa shape index (κ3) is 6.05. The van der Waals surface area contributed by atoms with Crippen LogP contribution in [-0.4, -0.2) is 17.4 Å². The summed E-state index contributed by atoms with van der Waals surface area (Å²) in [5.74, 6) is 0.283. The number of anilines is 2. The summed E-state index contributed by atoms with van der Waals surface area (Å²) in [5, 5.41) is 16.8. The lowest BCUT2D eigenvalue weighted by Gasteiger charge is -2.13. The Labute approximate surface area is 176 Å². The van der Waals surface area contributed by atoms with Gasteiger partial charge in [0.25, 0.3) is 11.6 Å². The number of carbonyl (C=O) groups is 1. The van der Waals surface area contributed by atoms with Crippen LogP contribution in [-0.2, 0) is 11.3 Å². The van der Waals surface area contributed by atoms with Gasteiger partial charge in [-0.15, -0.1) is 0 Å². The Morgan fingerprint density at radius 3 is 2.52 bits per heavy atom. The van der Waals surface area contributed by atoms with Crippen molar-refractivity contribution < 1.29 is 14.5 Å². The van der Waals surface area contributed by atoms with Crippen LogP contribution in [0, 0.1) is 10.1 Å². The molecule has 1 amide bonds. The lowest BCUT2D eigenvalue weighted by atomic mass is 10.2. The van der Waals surface area contributed by atoms with Gasteiger partial charge in [-0.2, -0.15) is 0 Å². The van der Waals surface area contributed by atoms with Crippen molar-refractivity contribution in [1.29, 1.82) is 0 Å². The van der Waals surface area contributed by atoms with Gasteiger partial charge < -0.3 is 15.4 Å². The predicted molar refractivity (Wildman–Crippen MR) is 115 cm³/mol. The first kappa shape index (κ1) is 20.3. The quantitative estimate of drug-likeness (QED) is 0.368. The number of hydrogen-bond donors (Lipinski definition) is 2. The van der Waals surface area contributed by atoms with Crippen LogP contribution in [0.15, 0.2) is 77.3 Å². The predicted octanol–water partition coefficient (Wildman–Crippen LogP) is 4.99. The zero-order valence-electron chi connectivity index (χ0n) is 15.3. The average Bonchev–Trinajstić information content (AvgIpc) is 2.72. The van der Waals surface area contributed by atoms with Gasteiger partial charge in [0.1, 0.15) is 5.75 Å². The van der Waals surface area contributed by atoms with Crippen molar-refractivity contribution in [3.63, 3.8) is 0 Å². The number of nitro benzene ring substituents is 1. The Hall–Kier alpha value is -3.39. The summed E-state index contributed by atoms with van der Waals surface area (Å²) in [6, 6.07) is 20.9. The number of nitro groups is 1. The van der Waals surface area contributed by atoms with Crippen molar-refractivity contribution in [3.05, 3.63) is 92.9 Å². The highest BCUT2D eigenvalue weighted by atomic mass is 79.9. The second-order valence-corrected chi connectivity index (χ2v) is 7.03. The van der Waals surface area contributed by atoms with Crippen LogP contribution in [0.4, 0.5) is 17.1 Å². The first-order valence-electron chi connectivity index (χ1n) is 8.76. The number of halogens is 1. The number of carbonyl (C=O) groups excluding carboxylic acids is 1. The standard InChI is InChI=1S/C21H18BrN3O4/c22-16-9-10-20(29-14-21(26)24-17-5-2-1-3-6-17)15(11-16)13-23-18-7-4-8-19(12-18)25(27)28/h1-12,23H,13-14H2,(H,24,26). The zero-order chi connectivity index (χ0) is 20.6. The van der Waals surface area contributed by atoms with E-state index in [4.69, 9.17) is 4.74 Å². The van der Waals surface area contributed by atoms with Gasteiger partial charge >= 0.3 is 0 Å². The summed E-state index contributed by atoms with van der Waals surface area (Å²) >= 11 is 3.43. The van der Waals surface area contributed by atoms with E-state index < -0.39 is 4.92 Å². The third-order valence-corrected chi connectivity index (χ3v) is 4.47. The number of nitrogens with zero attached hydrogens (tertiary/aromatic N) is 1. The molecule has 0 aliphatic heterocycles. The molecule has 0 fully saturated rings. The molecule has 0 spiro atoms. The number of amides is 1. The Bertz CT molecular complexity index is 1010. The van der Waals surface area contributed by atoms with Gasteiger partial charge in [-0.05, 0) is 36.4 Å². The molecule has 0 atom stereocenters. The van der Waals surface area contributed by atoms with E-state index in [0.717, 1.165) is 10.0 Å². The van der Waals surface area contributed by atoms with Crippen molar-refractivity contribution in [2.45, 2.75) is 6.54 Å². The minimum absolute atomic E-state index is 0.0123. The molecule has 3 aromatic carbocycles. The fourth-order valence-corrected chi connectivity index (χ4v) is 3.02. The van der Waals surface area contributed by atoms with E-state index in [-0.39, 0.29) is 18.2 Å².